The molecule has 1 aliphatic heterocycles. The van der Waals surface area contributed by atoms with E-state index < -0.39 is 16.6 Å². The Bertz CT molecular complexity index is 715. The number of carbonyl (C=O) groups excluding carboxylic acids is 2. The van der Waals surface area contributed by atoms with Crippen LogP contribution in [0.4, 0.5) is 5.82 Å². The Hall–Kier alpha value is -2.76. The van der Waals surface area contributed by atoms with Crippen molar-refractivity contribution >= 4 is 17.5 Å². The molecule has 88 valence electrons. The second-order valence-electron chi connectivity index (χ2n) is 3.85. The van der Waals surface area contributed by atoms with E-state index in [-0.39, 0.29) is 22.6 Å². The zero-order valence-electron chi connectivity index (χ0n) is 8.99. The number of rotatable bonds is 1. The molecule has 0 aliphatic carbocycles. The van der Waals surface area contributed by atoms with Gasteiger partial charge in [-0.05, 0) is 23.1 Å². The Morgan fingerprint density at radius 3 is 2.33 bits per heavy atom. The molecule has 1 aromatic carbocycles. The van der Waals surface area contributed by atoms with E-state index in [0.717, 1.165) is 10.6 Å². The van der Waals surface area contributed by atoms with E-state index in [1.54, 1.807) is 12.1 Å². The summed E-state index contributed by atoms with van der Waals surface area (Å²) in [5.74, 6) is -1.31. The van der Waals surface area contributed by atoms with E-state index >= 15 is 0 Å². The summed E-state index contributed by atoms with van der Waals surface area (Å²) in [6.45, 7) is 0. The summed E-state index contributed by atoms with van der Waals surface area (Å²) in [6.07, 6.45) is 0. The second kappa shape index (κ2) is 3.36. The first kappa shape index (κ1) is 10.4. The molecule has 2 aromatic rings. The fraction of sp³-hybridized carbons (Fsp3) is 0. The van der Waals surface area contributed by atoms with Gasteiger partial charge in [0, 0.05) is 11.6 Å². The normalized spacial score (nSPS) is 13.1. The predicted octanol–water partition coefficient (Wildman–Crippen LogP) is 1.63. The predicted molar refractivity (Wildman–Crippen MR) is 60.7 cm³/mol. The molecular formula is C12H6N2O4. The highest BCUT2D eigenvalue weighted by atomic mass is 16.6. The highest BCUT2D eigenvalue weighted by Gasteiger charge is 2.37. The van der Waals surface area contributed by atoms with E-state index in [1.165, 1.54) is 18.2 Å². The first-order valence-corrected chi connectivity index (χ1v) is 5.16. The first-order chi connectivity index (χ1) is 8.61. The van der Waals surface area contributed by atoms with Crippen molar-refractivity contribution in [2.24, 2.45) is 0 Å². The van der Waals surface area contributed by atoms with Crippen LogP contribution >= 0.6 is 0 Å². The summed E-state index contributed by atoms with van der Waals surface area (Å²) in [4.78, 5) is 34.4. The zero-order valence-corrected chi connectivity index (χ0v) is 8.99. The third-order valence-electron chi connectivity index (χ3n) is 2.89. The van der Waals surface area contributed by atoms with Crippen molar-refractivity contribution in [1.29, 1.82) is 0 Å². The average Bonchev–Trinajstić information content (AvgIpc) is 2.81. The van der Waals surface area contributed by atoms with Gasteiger partial charge in [-0.25, -0.2) is 4.79 Å². The monoisotopic (exact) mass is 242 g/mol. The molecule has 0 N–H and O–H groups in total. The van der Waals surface area contributed by atoms with Crippen LogP contribution in [0.15, 0.2) is 36.4 Å². The van der Waals surface area contributed by atoms with E-state index in [0.29, 0.717) is 0 Å². The highest BCUT2D eigenvalue weighted by Crippen LogP contribution is 2.27. The first-order valence-electron chi connectivity index (χ1n) is 5.16. The van der Waals surface area contributed by atoms with Crippen molar-refractivity contribution in [3.05, 3.63) is 63.3 Å². The van der Waals surface area contributed by atoms with Gasteiger partial charge in [0.2, 0.25) is 5.78 Å². The van der Waals surface area contributed by atoms with Crippen LogP contribution in [-0.4, -0.2) is 21.2 Å². The van der Waals surface area contributed by atoms with E-state index in [2.05, 4.69) is 0 Å². The minimum atomic E-state index is -0.678. The molecule has 0 unspecified atom stereocenters. The van der Waals surface area contributed by atoms with Crippen molar-refractivity contribution in [2.75, 3.05) is 0 Å². The maximum Gasteiger partial charge on any atom is 0.347 e. The quantitative estimate of drug-likeness (QED) is 0.479. The van der Waals surface area contributed by atoms with Crippen LogP contribution in [0.25, 0.3) is 0 Å². The lowest BCUT2D eigenvalue weighted by Gasteiger charge is -2.12. The van der Waals surface area contributed by atoms with E-state index in [4.69, 9.17) is 0 Å². The van der Waals surface area contributed by atoms with Gasteiger partial charge in [-0.1, -0.05) is 12.1 Å². The van der Waals surface area contributed by atoms with Crippen LogP contribution in [-0.2, 0) is 0 Å². The number of nitrogens with zero attached hydrogens (tertiary/aromatic N) is 2. The molecule has 0 saturated heterocycles. The zero-order chi connectivity index (χ0) is 12.9. The average molecular weight is 242 g/mol. The maximum absolute atomic E-state index is 12.1. The van der Waals surface area contributed by atoms with Gasteiger partial charge in [-0.2, -0.15) is 4.57 Å². The number of fused-ring (bicyclic) bond motifs is 2. The van der Waals surface area contributed by atoms with Crippen LogP contribution in [0.5, 0.6) is 0 Å². The fourth-order valence-corrected chi connectivity index (χ4v) is 2.09. The lowest BCUT2D eigenvalue weighted by molar-refractivity contribution is -0.390. The summed E-state index contributed by atoms with van der Waals surface area (Å²) in [7, 11) is 0. The Morgan fingerprint density at radius 2 is 1.67 bits per heavy atom. The number of hydrogen-bond acceptors (Lipinski definition) is 4. The van der Waals surface area contributed by atoms with Crippen molar-refractivity contribution in [3.8, 4) is 0 Å². The molecule has 0 saturated carbocycles. The van der Waals surface area contributed by atoms with Crippen molar-refractivity contribution in [2.45, 2.75) is 0 Å². The minimum Gasteiger partial charge on any atom is -0.358 e. The number of carbonyl (C=O) groups is 2. The Kier molecular flexibility index (Phi) is 1.94. The molecule has 0 fully saturated rings. The van der Waals surface area contributed by atoms with Gasteiger partial charge in [0.1, 0.15) is 0 Å². The summed E-state index contributed by atoms with van der Waals surface area (Å²) < 4.78 is 0.852. The third-order valence-corrected chi connectivity index (χ3v) is 2.89. The van der Waals surface area contributed by atoms with Gasteiger partial charge in [0.25, 0.3) is 0 Å². The molecule has 6 nitrogen and oxygen atoms in total. The Morgan fingerprint density at radius 1 is 1.00 bits per heavy atom. The molecule has 2 heterocycles. The molecule has 1 aliphatic rings. The molecular weight excluding hydrogens is 236 g/mol. The standard InChI is InChI=1S/C12H6N2O4/c15-11-7-3-1-2-4-8(7)12(16)13-9(11)5-6-10(13)14(17)18/h1-6H. The summed E-state index contributed by atoms with van der Waals surface area (Å²) >= 11 is 0. The van der Waals surface area contributed by atoms with Crippen LogP contribution in [0, 0.1) is 10.1 Å². The maximum atomic E-state index is 12.1. The van der Waals surface area contributed by atoms with E-state index in [1.807, 2.05) is 0 Å². The highest BCUT2D eigenvalue weighted by molar-refractivity contribution is 6.21. The van der Waals surface area contributed by atoms with Crippen LogP contribution in [0.2, 0.25) is 0 Å². The van der Waals surface area contributed by atoms with Gasteiger partial charge in [0.05, 0.1) is 5.56 Å². The van der Waals surface area contributed by atoms with Gasteiger partial charge >= 0.3 is 11.7 Å². The van der Waals surface area contributed by atoms with Crippen LogP contribution in [0.3, 0.4) is 0 Å². The van der Waals surface area contributed by atoms with Gasteiger partial charge < -0.3 is 10.1 Å². The van der Waals surface area contributed by atoms with Crippen LogP contribution < -0.4 is 0 Å². The smallest absolute Gasteiger partial charge is 0.347 e. The largest absolute Gasteiger partial charge is 0.358 e. The lowest BCUT2D eigenvalue weighted by atomic mass is 9.98. The Labute approximate surface area is 101 Å². The number of nitro groups is 1. The molecule has 0 radical (unpaired) electrons. The van der Waals surface area contributed by atoms with Crippen LogP contribution in [0.1, 0.15) is 26.4 Å². The Balaban J connectivity index is 2.33. The molecule has 0 amide bonds. The molecule has 0 spiro atoms. The van der Waals surface area contributed by atoms with Gasteiger partial charge in [-0.15, -0.1) is 0 Å². The number of aromatic nitrogens is 1. The summed E-state index contributed by atoms with van der Waals surface area (Å²) in [6, 6.07) is 8.76. The van der Waals surface area contributed by atoms with Crippen molar-refractivity contribution < 1.29 is 14.5 Å². The van der Waals surface area contributed by atoms with Crippen molar-refractivity contribution in [1.82, 2.24) is 4.57 Å². The number of ketones is 1. The molecule has 3 rings (SSSR count). The minimum absolute atomic E-state index is 0.0328. The van der Waals surface area contributed by atoms with E-state index in [9.17, 15) is 19.7 Å². The summed E-state index contributed by atoms with van der Waals surface area (Å²) in [5.41, 5.74) is 0.502. The lowest BCUT2D eigenvalue weighted by Crippen LogP contribution is -2.27. The summed E-state index contributed by atoms with van der Waals surface area (Å²) in [5, 5.41) is 10.8. The second-order valence-corrected chi connectivity index (χ2v) is 3.85. The topological polar surface area (TPSA) is 82.2 Å². The molecule has 0 bridgehead atoms. The molecule has 0 atom stereocenters. The van der Waals surface area contributed by atoms with Gasteiger partial charge in [-0.3, -0.25) is 4.79 Å². The SMILES string of the molecule is O=C1c2ccccc2C(=O)n2c1ccc2[N+](=O)[O-]. The number of hydrogen-bond donors (Lipinski definition) is 0. The number of benzene rings is 1. The molecule has 1 aromatic heterocycles. The molecule has 18 heavy (non-hydrogen) atoms. The third kappa shape index (κ3) is 1.17. The fourth-order valence-electron chi connectivity index (χ4n) is 2.09. The van der Waals surface area contributed by atoms with Gasteiger partial charge in [0.15, 0.2) is 5.69 Å². The molecule has 6 heteroatoms. The van der Waals surface area contributed by atoms with Crippen molar-refractivity contribution in [3.63, 3.8) is 0 Å².